The van der Waals surface area contributed by atoms with Gasteiger partial charge in [-0.1, -0.05) is 23.7 Å². The zero-order chi connectivity index (χ0) is 13.7. The third-order valence-corrected chi connectivity index (χ3v) is 3.50. The van der Waals surface area contributed by atoms with Gasteiger partial charge in [-0.2, -0.15) is 0 Å². The van der Waals surface area contributed by atoms with Gasteiger partial charge in [0.05, 0.1) is 11.3 Å². The summed E-state index contributed by atoms with van der Waals surface area (Å²) in [6.07, 6.45) is 3.53. The molecule has 0 saturated carbocycles. The van der Waals surface area contributed by atoms with Crippen molar-refractivity contribution in [2.75, 3.05) is 0 Å². The predicted molar refractivity (Wildman–Crippen MR) is 74.7 cm³/mol. The fourth-order valence-corrected chi connectivity index (χ4v) is 2.08. The third kappa shape index (κ3) is 4.08. The second-order valence-electron chi connectivity index (χ2n) is 4.61. The maximum absolute atomic E-state index is 13.3. The lowest BCUT2D eigenvalue weighted by Crippen LogP contribution is -2.26. The maximum Gasteiger partial charge on any atom is 0.142 e. The Balaban J connectivity index is 1.80. The minimum atomic E-state index is -0.371. The second kappa shape index (κ2) is 6.73. The normalized spacial score (nSPS) is 12.6. The van der Waals surface area contributed by atoms with Crippen LogP contribution in [0.5, 0.6) is 0 Å². The van der Waals surface area contributed by atoms with Gasteiger partial charge in [-0.25, -0.2) is 4.39 Å². The van der Waals surface area contributed by atoms with Crippen LogP contribution in [0.25, 0.3) is 0 Å². The second-order valence-corrected chi connectivity index (χ2v) is 4.99. The molecular weight excluding hydrogens is 265 g/mol. The summed E-state index contributed by atoms with van der Waals surface area (Å²) in [5.41, 5.74) is 0.784. The number of furan rings is 1. The molecule has 0 fully saturated rings. The summed E-state index contributed by atoms with van der Waals surface area (Å²) in [5.74, 6) is 0.613. The van der Waals surface area contributed by atoms with Gasteiger partial charge in [0.25, 0.3) is 0 Å². The first-order chi connectivity index (χ1) is 9.16. The molecule has 4 heteroatoms. The van der Waals surface area contributed by atoms with Gasteiger partial charge in [0.15, 0.2) is 0 Å². The Kier molecular flexibility index (Phi) is 5.00. The molecule has 0 radical (unpaired) electrons. The molecule has 0 amide bonds. The van der Waals surface area contributed by atoms with Crippen molar-refractivity contribution in [3.8, 4) is 0 Å². The van der Waals surface area contributed by atoms with Crippen LogP contribution in [0.4, 0.5) is 4.39 Å². The van der Waals surface area contributed by atoms with Crippen LogP contribution in [0.1, 0.15) is 24.7 Å². The van der Waals surface area contributed by atoms with E-state index < -0.39 is 0 Å². The Hall–Kier alpha value is -1.32. The van der Waals surface area contributed by atoms with Crippen molar-refractivity contribution in [1.82, 2.24) is 5.32 Å². The number of nitrogens with one attached hydrogen (secondary N) is 1. The fraction of sp³-hybridized carbons (Fsp3) is 0.333. The molecule has 0 saturated heterocycles. The van der Waals surface area contributed by atoms with Gasteiger partial charge in [0, 0.05) is 19.0 Å². The zero-order valence-electron chi connectivity index (χ0n) is 10.8. The monoisotopic (exact) mass is 281 g/mol. The summed E-state index contributed by atoms with van der Waals surface area (Å²) in [5, 5.41) is 3.54. The summed E-state index contributed by atoms with van der Waals surface area (Å²) in [6.45, 7) is 2.66. The molecule has 1 atom stereocenters. The first-order valence-corrected chi connectivity index (χ1v) is 6.73. The van der Waals surface area contributed by atoms with Crippen molar-refractivity contribution in [2.24, 2.45) is 0 Å². The number of halogens is 2. The van der Waals surface area contributed by atoms with E-state index in [1.165, 1.54) is 6.07 Å². The summed E-state index contributed by atoms with van der Waals surface area (Å²) in [4.78, 5) is 0. The van der Waals surface area contributed by atoms with Gasteiger partial charge < -0.3 is 9.73 Å². The molecule has 1 N–H and O–H groups in total. The minimum Gasteiger partial charge on any atom is -0.469 e. The van der Waals surface area contributed by atoms with Crippen LogP contribution in [0.3, 0.4) is 0 Å². The van der Waals surface area contributed by atoms with Crippen LogP contribution in [0.2, 0.25) is 5.02 Å². The summed E-state index contributed by atoms with van der Waals surface area (Å²) >= 11 is 5.90. The zero-order valence-corrected chi connectivity index (χ0v) is 11.6. The van der Waals surface area contributed by atoms with Gasteiger partial charge in [-0.15, -0.1) is 0 Å². The molecule has 1 heterocycles. The maximum atomic E-state index is 13.3. The molecule has 0 aliphatic heterocycles. The molecule has 0 aliphatic rings. The quantitative estimate of drug-likeness (QED) is 0.859. The number of hydrogen-bond acceptors (Lipinski definition) is 2. The van der Waals surface area contributed by atoms with Crippen molar-refractivity contribution in [2.45, 2.75) is 32.4 Å². The Morgan fingerprint density at radius 3 is 2.89 bits per heavy atom. The van der Waals surface area contributed by atoms with Crippen molar-refractivity contribution in [1.29, 1.82) is 0 Å². The van der Waals surface area contributed by atoms with Crippen molar-refractivity contribution in [3.63, 3.8) is 0 Å². The molecule has 0 spiro atoms. The van der Waals surface area contributed by atoms with E-state index in [2.05, 4.69) is 12.2 Å². The van der Waals surface area contributed by atoms with Gasteiger partial charge in [0.1, 0.15) is 11.6 Å². The van der Waals surface area contributed by atoms with E-state index in [1.54, 1.807) is 12.3 Å². The van der Waals surface area contributed by atoms with Crippen LogP contribution < -0.4 is 5.32 Å². The lowest BCUT2D eigenvalue weighted by Gasteiger charge is -2.14. The molecule has 1 aromatic carbocycles. The highest BCUT2D eigenvalue weighted by Crippen LogP contribution is 2.19. The molecule has 2 aromatic rings. The Morgan fingerprint density at radius 2 is 2.16 bits per heavy atom. The van der Waals surface area contributed by atoms with Gasteiger partial charge in [-0.05, 0) is 37.1 Å². The molecular formula is C15H17ClFNO. The Labute approximate surface area is 117 Å². The van der Waals surface area contributed by atoms with Crippen LogP contribution in [-0.2, 0) is 13.0 Å². The highest BCUT2D eigenvalue weighted by molar-refractivity contribution is 6.31. The Morgan fingerprint density at radius 1 is 1.32 bits per heavy atom. The number of hydrogen-bond donors (Lipinski definition) is 1. The van der Waals surface area contributed by atoms with E-state index in [0.29, 0.717) is 12.6 Å². The lowest BCUT2D eigenvalue weighted by molar-refractivity contribution is 0.459. The van der Waals surface area contributed by atoms with E-state index in [1.807, 2.05) is 18.2 Å². The molecule has 2 rings (SSSR count). The van der Waals surface area contributed by atoms with E-state index in [4.69, 9.17) is 16.0 Å². The Bertz CT molecular complexity index is 513. The van der Waals surface area contributed by atoms with Crippen LogP contribution in [0, 0.1) is 5.82 Å². The van der Waals surface area contributed by atoms with Crippen LogP contribution >= 0.6 is 11.6 Å². The largest absolute Gasteiger partial charge is 0.469 e. The fourth-order valence-electron chi connectivity index (χ4n) is 1.88. The van der Waals surface area contributed by atoms with E-state index in [0.717, 1.165) is 24.2 Å². The van der Waals surface area contributed by atoms with E-state index in [-0.39, 0.29) is 10.8 Å². The van der Waals surface area contributed by atoms with E-state index >= 15 is 0 Å². The summed E-state index contributed by atoms with van der Waals surface area (Å²) in [7, 11) is 0. The topological polar surface area (TPSA) is 25.2 Å². The summed E-state index contributed by atoms with van der Waals surface area (Å²) in [6, 6.07) is 9.04. The third-order valence-electron chi connectivity index (χ3n) is 3.08. The highest BCUT2D eigenvalue weighted by atomic mass is 35.5. The predicted octanol–water partition coefficient (Wildman–Crippen LogP) is 4.18. The number of rotatable bonds is 6. The lowest BCUT2D eigenvalue weighted by atomic mass is 10.1. The molecule has 0 aliphatic carbocycles. The first-order valence-electron chi connectivity index (χ1n) is 6.35. The average molecular weight is 282 g/mol. The van der Waals surface area contributed by atoms with Crippen molar-refractivity contribution >= 4 is 11.6 Å². The standard InChI is InChI=1S/C15H17ClFNO/c1-11(7-8-13-5-3-9-19-13)18-10-12-4-2-6-14(17)15(12)16/h2-6,9,11,18H,7-8,10H2,1H3. The van der Waals surface area contributed by atoms with Crippen LogP contribution in [-0.4, -0.2) is 6.04 Å². The molecule has 1 aromatic heterocycles. The number of benzene rings is 1. The molecule has 1 unspecified atom stereocenters. The molecule has 0 bridgehead atoms. The van der Waals surface area contributed by atoms with Gasteiger partial charge in [-0.3, -0.25) is 0 Å². The first kappa shape index (κ1) is 14.1. The molecule has 2 nitrogen and oxygen atoms in total. The minimum absolute atomic E-state index is 0.202. The number of aryl methyl sites for hydroxylation is 1. The molecule has 102 valence electrons. The van der Waals surface area contributed by atoms with E-state index in [9.17, 15) is 4.39 Å². The summed E-state index contributed by atoms with van der Waals surface area (Å²) < 4.78 is 18.5. The van der Waals surface area contributed by atoms with Crippen molar-refractivity contribution < 1.29 is 8.81 Å². The molecule has 19 heavy (non-hydrogen) atoms. The smallest absolute Gasteiger partial charge is 0.142 e. The highest BCUT2D eigenvalue weighted by Gasteiger charge is 2.08. The van der Waals surface area contributed by atoms with Crippen LogP contribution in [0.15, 0.2) is 41.0 Å². The van der Waals surface area contributed by atoms with Gasteiger partial charge in [0.2, 0.25) is 0 Å². The average Bonchev–Trinajstić information content (AvgIpc) is 2.91. The SMILES string of the molecule is CC(CCc1ccco1)NCc1cccc(F)c1Cl. The van der Waals surface area contributed by atoms with Gasteiger partial charge >= 0.3 is 0 Å². The van der Waals surface area contributed by atoms with Crippen molar-refractivity contribution in [3.05, 3.63) is 58.8 Å².